The topological polar surface area (TPSA) is 34.1 Å². The Morgan fingerprint density at radius 3 is 1.84 bits per heavy atom. The minimum atomic E-state index is -0.693. The fourth-order valence-corrected chi connectivity index (χ4v) is 3.77. The molecule has 1 unspecified atom stereocenters. The fourth-order valence-electron chi connectivity index (χ4n) is 3.77. The van der Waals surface area contributed by atoms with E-state index in [1.165, 1.54) is 0 Å². The fraction of sp³-hybridized carbons (Fsp3) is 0.130. The predicted octanol–water partition coefficient (Wildman–Crippen LogP) is 4.82. The van der Waals surface area contributed by atoms with Crippen molar-refractivity contribution in [3.63, 3.8) is 0 Å². The second-order valence-corrected chi connectivity index (χ2v) is 6.55. The van der Waals surface area contributed by atoms with Crippen LogP contribution in [-0.2, 0) is 0 Å². The van der Waals surface area contributed by atoms with E-state index in [4.69, 9.17) is 0 Å². The lowest BCUT2D eigenvalue weighted by Crippen LogP contribution is -2.25. The first kappa shape index (κ1) is 15.5. The first-order valence-electron chi connectivity index (χ1n) is 8.46. The zero-order valence-corrected chi connectivity index (χ0v) is 14.0. The van der Waals surface area contributed by atoms with E-state index in [-0.39, 0.29) is 17.5 Å². The smallest absolute Gasteiger partial charge is 0.175 e. The zero-order valence-electron chi connectivity index (χ0n) is 14.0. The molecule has 0 fully saturated rings. The lowest BCUT2D eigenvalue weighted by molar-refractivity contribution is 0.0825. The van der Waals surface area contributed by atoms with Crippen molar-refractivity contribution in [1.29, 1.82) is 0 Å². The van der Waals surface area contributed by atoms with E-state index in [1.54, 1.807) is 12.1 Å². The monoisotopic (exact) mass is 326 g/mol. The Bertz CT molecular complexity index is 922. The van der Waals surface area contributed by atoms with Gasteiger partial charge >= 0.3 is 0 Å². The lowest BCUT2D eigenvalue weighted by Gasteiger charge is -2.23. The van der Waals surface area contributed by atoms with E-state index in [9.17, 15) is 9.59 Å². The number of hydrogen-bond acceptors (Lipinski definition) is 2. The van der Waals surface area contributed by atoms with Crippen molar-refractivity contribution in [2.24, 2.45) is 5.92 Å². The normalized spacial score (nSPS) is 15.2. The van der Waals surface area contributed by atoms with E-state index >= 15 is 0 Å². The molecule has 1 aliphatic rings. The number of rotatable bonds is 3. The minimum absolute atomic E-state index is 0.0732. The van der Waals surface area contributed by atoms with Gasteiger partial charge in [0, 0.05) is 17.0 Å². The van der Waals surface area contributed by atoms with Gasteiger partial charge in [0.05, 0.1) is 5.92 Å². The van der Waals surface area contributed by atoms with Gasteiger partial charge in [-0.1, -0.05) is 84.4 Å². The number of Topliss-reactive ketones (excluding diaryl/α,β-unsaturated/α-hetero) is 2. The molecule has 0 aliphatic heterocycles. The zero-order chi connectivity index (χ0) is 17.4. The van der Waals surface area contributed by atoms with Crippen molar-refractivity contribution < 1.29 is 9.59 Å². The van der Waals surface area contributed by atoms with Crippen molar-refractivity contribution in [3.8, 4) is 0 Å². The van der Waals surface area contributed by atoms with Gasteiger partial charge in [-0.2, -0.15) is 0 Å². The Balaban J connectivity index is 1.88. The van der Waals surface area contributed by atoms with Crippen LogP contribution in [0.4, 0.5) is 0 Å². The average molecular weight is 326 g/mol. The molecule has 0 saturated carbocycles. The Kier molecular flexibility index (Phi) is 3.81. The molecule has 0 bridgehead atoms. The van der Waals surface area contributed by atoms with E-state index in [2.05, 4.69) is 6.07 Å². The van der Waals surface area contributed by atoms with Crippen LogP contribution in [0.15, 0.2) is 78.9 Å². The number of hydrogen-bond donors (Lipinski definition) is 0. The molecule has 3 aromatic rings. The maximum atomic E-state index is 13.1. The highest BCUT2D eigenvalue weighted by atomic mass is 16.2. The molecule has 1 atom stereocenters. The second kappa shape index (κ2) is 6.14. The summed E-state index contributed by atoms with van der Waals surface area (Å²) in [5, 5.41) is 0. The summed E-state index contributed by atoms with van der Waals surface area (Å²) in [4.78, 5) is 26.1. The van der Waals surface area contributed by atoms with Crippen LogP contribution in [0.3, 0.4) is 0 Å². The lowest BCUT2D eigenvalue weighted by atomic mass is 9.78. The standard InChI is InChI=1S/C23H18O2/c1-15-8-7-11-17(14-15)20(16-9-3-2-4-10-16)21-22(24)18-12-5-6-13-19(18)23(21)25/h2-14,20-21H,1H3. The molecule has 0 aromatic heterocycles. The minimum Gasteiger partial charge on any atom is -0.293 e. The van der Waals surface area contributed by atoms with Crippen LogP contribution in [0.25, 0.3) is 0 Å². The molecule has 3 aromatic carbocycles. The number of carbonyl (C=O) groups excluding carboxylic acids is 2. The molecule has 0 heterocycles. The summed E-state index contributed by atoms with van der Waals surface area (Å²) in [7, 11) is 0. The van der Waals surface area contributed by atoms with Crippen LogP contribution in [0.2, 0.25) is 0 Å². The number of fused-ring (bicyclic) bond motifs is 1. The van der Waals surface area contributed by atoms with Crippen molar-refractivity contribution in [1.82, 2.24) is 0 Å². The quantitative estimate of drug-likeness (QED) is 0.647. The molecule has 2 nitrogen and oxygen atoms in total. The second-order valence-electron chi connectivity index (χ2n) is 6.55. The Hall–Kier alpha value is -3.00. The Morgan fingerprint density at radius 2 is 1.24 bits per heavy atom. The van der Waals surface area contributed by atoms with Crippen molar-refractivity contribution >= 4 is 11.6 Å². The summed E-state index contributed by atoms with van der Waals surface area (Å²) in [6.45, 7) is 2.03. The highest BCUT2D eigenvalue weighted by Crippen LogP contribution is 2.40. The van der Waals surface area contributed by atoms with Gasteiger partial charge in [-0.25, -0.2) is 0 Å². The van der Waals surface area contributed by atoms with Gasteiger partial charge in [0.1, 0.15) is 0 Å². The summed E-state index contributed by atoms with van der Waals surface area (Å²) in [6.07, 6.45) is 0. The van der Waals surface area contributed by atoms with Crippen molar-refractivity contribution in [2.45, 2.75) is 12.8 Å². The molecule has 4 rings (SSSR count). The molecule has 0 radical (unpaired) electrons. The molecular formula is C23H18O2. The summed E-state index contributed by atoms with van der Waals surface area (Å²) in [5.74, 6) is -1.11. The van der Waals surface area contributed by atoms with Gasteiger partial charge in [0.15, 0.2) is 11.6 Å². The predicted molar refractivity (Wildman–Crippen MR) is 98.1 cm³/mol. The molecule has 1 aliphatic carbocycles. The van der Waals surface area contributed by atoms with Crippen molar-refractivity contribution in [2.75, 3.05) is 0 Å². The average Bonchev–Trinajstić information content (AvgIpc) is 2.89. The highest BCUT2D eigenvalue weighted by Gasteiger charge is 2.44. The largest absolute Gasteiger partial charge is 0.293 e. The van der Waals surface area contributed by atoms with Gasteiger partial charge in [-0.3, -0.25) is 9.59 Å². The molecule has 0 amide bonds. The summed E-state index contributed by atoms with van der Waals surface area (Å²) >= 11 is 0. The number of aryl methyl sites for hydroxylation is 1. The van der Waals surface area contributed by atoms with Crippen LogP contribution >= 0.6 is 0 Å². The number of ketones is 2. The van der Waals surface area contributed by atoms with Crippen LogP contribution in [-0.4, -0.2) is 11.6 Å². The SMILES string of the molecule is Cc1cccc(C(c2ccccc2)C2C(=O)c3ccccc3C2=O)c1. The maximum Gasteiger partial charge on any atom is 0.175 e. The Labute approximate surface area is 147 Å². The molecule has 25 heavy (non-hydrogen) atoms. The first-order valence-corrected chi connectivity index (χ1v) is 8.46. The molecular weight excluding hydrogens is 308 g/mol. The first-order chi connectivity index (χ1) is 12.2. The maximum absolute atomic E-state index is 13.1. The number of benzene rings is 3. The highest BCUT2D eigenvalue weighted by molar-refractivity contribution is 6.27. The van der Waals surface area contributed by atoms with E-state index in [1.807, 2.05) is 67.6 Å². The molecule has 2 heteroatoms. The van der Waals surface area contributed by atoms with Crippen LogP contribution < -0.4 is 0 Å². The summed E-state index contributed by atoms with van der Waals surface area (Å²) in [6, 6.07) is 25.1. The van der Waals surface area contributed by atoms with Gasteiger partial charge < -0.3 is 0 Å². The van der Waals surface area contributed by atoms with Gasteiger partial charge in [0.2, 0.25) is 0 Å². The third kappa shape index (κ3) is 2.60. The van der Waals surface area contributed by atoms with Gasteiger partial charge in [-0.05, 0) is 18.1 Å². The van der Waals surface area contributed by atoms with Crippen molar-refractivity contribution in [3.05, 3.63) is 107 Å². The Morgan fingerprint density at radius 1 is 0.680 bits per heavy atom. The van der Waals surface area contributed by atoms with Gasteiger partial charge in [0.25, 0.3) is 0 Å². The van der Waals surface area contributed by atoms with Crippen LogP contribution in [0.5, 0.6) is 0 Å². The van der Waals surface area contributed by atoms with Crippen LogP contribution in [0.1, 0.15) is 43.3 Å². The van der Waals surface area contributed by atoms with E-state index in [0.29, 0.717) is 11.1 Å². The third-order valence-electron chi connectivity index (χ3n) is 4.92. The molecule has 0 saturated heterocycles. The number of carbonyl (C=O) groups is 2. The van der Waals surface area contributed by atoms with E-state index < -0.39 is 5.92 Å². The summed E-state index contributed by atoms with van der Waals surface area (Å²) in [5.41, 5.74) is 4.21. The molecule has 0 N–H and O–H groups in total. The molecule has 122 valence electrons. The van der Waals surface area contributed by atoms with E-state index in [0.717, 1.165) is 16.7 Å². The van der Waals surface area contributed by atoms with Crippen LogP contribution in [0, 0.1) is 12.8 Å². The van der Waals surface area contributed by atoms with Gasteiger partial charge in [-0.15, -0.1) is 0 Å². The third-order valence-corrected chi connectivity index (χ3v) is 4.92. The molecule has 0 spiro atoms. The summed E-state index contributed by atoms with van der Waals surface area (Å²) < 4.78 is 0.